The molecule has 0 aromatic carbocycles. The lowest BCUT2D eigenvalue weighted by Crippen LogP contribution is -2.46. The topological polar surface area (TPSA) is 35.6 Å². The lowest BCUT2D eigenvalue weighted by atomic mass is 9.91. The fourth-order valence-corrected chi connectivity index (χ4v) is 4.45. The number of hydrogen-bond donors (Lipinski definition) is 1. The quantitative estimate of drug-likeness (QED) is 0.857. The summed E-state index contributed by atoms with van der Waals surface area (Å²) in [6.07, 6.45) is 7.09. The molecule has 120 valence electrons. The molecule has 0 aromatic heterocycles. The first-order chi connectivity index (χ1) is 10.2. The van der Waals surface area contributed by atoms with Crippen molar-refractivity contribution in [2.75, 3.05) is 39.8 Å². The fraction of sp³-hybridized carbons (Fsp3) is 0.941. The van der Waals surface area contributed by atoms with Crippen LogP contribution in [0, 0.1) is 11.3 Å². The zero-order chi connectivity index (χ0) is 14.9. The third-order valence-corrected chi connectivity index (χ3v) is 6.08. The summed E-state index contributed by atoms with van der Waals surface area (Å²) in [6, 6.07) is 0.477. The van der Waals surface area contributed by atoms with Gasteiger partial charge in [-0.25, -0.2) is 0 Å². The van der Waals surface area contributed by atoms with E-state index in [1.54, 1.807) is 0 Å². The van der Waals surface area contributed by atoms with Gasteiger partial charge in [0.05, 0.1) is 0 Å². The Morgan fingerprint density at radius 1 is 1.29 bits per heavy atom. The van der Waals surface area contributed by atoms with E-state index in [-0.39, 0.29) is 0 Å². The number of piperidine rings is 2. The van der Waals surface area contributed by atoms with Crippen molar-refractivity contribution in [2.45, 2.75) is 51.5 Å². The molecule has 2 aliphatic heterocycles. The molecule has 4 nitrogen and oxygen atoms in total. The number of nitrogens with one attached hydrogen (secondary N) is 1. The van der Waals surface area contributed by atoms with E-state index < -0.39 is 0 Å². The van der Waals surface area contributed by atoms with Crippen molar-refractivity contribution in [2.24, 2.45) is 11.3 Å². The van der Waals surface area contributed by atoms with Gasteiger partial charge in [0.2, 0.25) is 5.91 Å². The van der Waals surface area contributed by atoms with Crippen LogP contribution in [-0.4, -0.2) is 61.5 Å². The minimum atomic E-state index is 0.332. The summed E-state index contributed by atoms with van der Waals surface area (Å²) >= 11 is 0. The highest BCUT2D eigenvalue weighted by Gasteiger charge is 2.58. The highest BCUT2D eigenvalue weighted by Crippen LogP contribution is 2.59. The van der Waals surface area contributed by atoms with Crippen LogP contribution in [0.4, 0.5) is 0 Å². The van der Waals surface area contributed by atoms with Gasteiger partial charge < -0.3 is 15.1 Å². The zero-order valence-corrected chi connectivity index (χ0v) is 13.7. The van der Waals surface area contributed by atoms with Crippen molar-refractivity contribution < 1.29 is 4.79 Å². The summed E-state index contributed by atoms with van der Waals surface area (Å²) in [4.78, 5) is 17.4. The van der Waals surface area contributed by atoms with Crippen LogP contribution >= 0.6 is 0 Å². The molecular formula is C17H31N3O. The first kappa shape index (κ1) is 15.3. The van der Waals surface area contributed by atoms with Crippen molar-refractivity contribution in [1.82, 2.24) is 15.1 Å². The number of carbonyl (C=O) groups is 1. The van der Waals surface area contributed by atoms with E-state index in [1.807, 2.05) is 0 Å². The van der Waals surface area contributed by atoms with Gasteiger partial charge in [0.1, 0.15) is 0 Å². The molecule has 3 rings (SSSR count). The molecule has 2 heterocycles. The smallest absolute Gasteiger partial charge is 0.226 e. The molecule has 1 atom stereocenters. The number of hydrogen-bond acceptors (Lipinski definition) is 3. The Kier molecular flexibility index (Phi) is 4.55. The average Bonchev–Trinajstić information content (AvgIpc) is 3.21. The van der Waals surface area contributed by atoms with Crippen molar-refractivity contribution in [3.8, 4) is 0 Å². The summed E-state index contributed by atoms with van der Waals surface area (Å²) in [5, 5.41) is 3.42. The normalized spacial score (nSPS) is 29.5. The predicted octanol–water partition coefficient (Wildman–Crippen LogP) is 1.71. The van der Waals surface area contributed by atoms with E-state index in [2.05, 4.69) is 29.1 Å². The van der Waals surface area contributed by atoms with Crippen molar-refractivity contribution in [3.05, 3.63) is 0 Å². The molecule has 0 aromatic rings. The summed E-state index contributed by atoms with van der Waals surface area (Å²) in [6.45, 7) is 7.98. The number of nitrogens with zero attached hydrogens (tertiary/aromatic N) is 2. The molecule has 0 bridgehead atoms. The Morgan fingerprint density at radius 2 is 1.95 bits per heavy atom. The van der Waals surface area contributed by atoms with E-state index in [1.165, 1.54) is 25.8 Å². The molecule has 1 unspecified atom stereocenters. The molecule has 3 fully saturated rings. The molecule has 1 aliphatic carbocycles. The first-order valence-electron chi connectivity index (χ1n) is 8.86. The second kappa shape index (κ2) is 6.25. The third kappa shape index (κ3) is 3.11. The van der Waals surface area contributed by atoms with Crippen LogP contribution in [0.1, 0.15) is 45.4 Å². The summed E-state index contributed by atoms with van der Waals surface area (Å²) in [5.41, 5.74) is 0.375. The Labute approximate surface area is 129 Å². The minimum Gasteiger partial charge on any atom is -0.342 e. The van der Waals surface area contributed by atoms with Crippen molar-refractivity contribution in [3.63, 3.8) is 0 Å². The SMILES string of the molecule is CCCN1CCC(N(C)C(=O)C2CC23CCNCC3)CC1. The molecule has 3 aliphatic rings. The lowest BCUT2D eigenvalue weighted by molar-refractivity contribution is -0.135. The second-order valence-electron chi connectivity index (χ2n) is 7.39. The summed E-state index contributed by atoms with van der Waals surface area (Å²) in [5.74, 6) is 0.768. The van der Waals surface area contributed by atoms with E-state index in [9.17, 15) is 4.79 Å². The van der Waals surface area contributed by atoms with Gasteiger partial charge in [-0.1, -0.05) is 6.92 Å². The van der Waals surface area contributed by atoms with Crippen LogP contribution in [-0.2, 0) is 4.79 Å². The van der Waals surface area contributed by atoms with Crippen LogP contribution in [0.2, 0.25) is 0 Å². The number of carbonyl (C=O) groups excluding carboxylic acids is 1. The van der Waals surface area contributed by atoms with Gasteiger partial charge in [0, 0.05) is 32.1 Å². The maximum absolute atomic E-state index is 12.8. The van der Waals surface area contributed by atoms with Gasteiger partial charge in [0.15, 0.2) is 0 Å². The Morgan fingerprint density at radius 3 is 2.57 bits per heavy atom. The molecule has 4 heteroatoms. The molecule has 1 saturated carbocycles. The van der Waals surface area contributed by atoms with Gasteiger partial charge >= 0.3 is 0 Å². The summed E-state index contributed by atoms with van der Waals surface area (Å²) in [7, 11) is 2.05. The van der Waals surface area contributed by atoms with E-state index in [0.717, 1.165) is 45.4 Å². The monoisotopic (exact) mass is 293 g/mol. The largest absolute Gasteiger partial charge is 0.342 e. The number of rotatable bonds is 4. The molecule has 21 heavy (non-hydrogen) atoms. The van der Waals surface area contributed by atoms with Crippen LogP contribution in [0.5, 0.6) is 0 Å². The molecular weight excluding hydrogens is 262 g/mol. The maximum atomic E-state index is 12.8. The Hall–Kier alpha value is -0.610. The second-order valence-corrected chi connectivity index (χ2v) is 7.39. The standard InChI is InChI=1S/C17H31N3O/c1-3-10-20-11-4-14(5-12-20)19(2)16(21)15-13-17(15)6-8-18-9-7-17/h14-15,18H,3-13H2,1-2H3. The lowest BCUT2D eigenvalue weighted by Gasteiger charge is -2.37. The summed E-state index contributed by atoms with van der Waals surface area (Å²) < 4.78 is 0. The zero-order valence-electron chi connectivity index (χ0n) is 13.7. The Bertz CT molecular complexity index is 370. The highest BCUT2D eigenvalue weighted by molar-refractivity contribution is 5.82. The van der Waals surface area contributed by atoms with E-state index >= 15 is 0 Å². The minimum absolute atomic E-state index is 0.332. The molecule has 1 amide bonds. The average molecular weight is 293 g/mol. The molecule has 0 radical (unpaired) electrons. The van der Waals surface area contributed by atoms with Gasteiger partial charge in [-0.2, -0.15) is 0 Å². The highest BCUT2D eigenvalue weighted by atomic mass is 16.2. The van der Waals surface area contributed by atoms with Gasteiger partial charge in [-0.15, -0.1) is 0 Å². The first-order valence-corrected chi connectivity index (χ1v) is 8.86. The predicted molar refractivity (Wildman–Crippen MR) is 85.2 cm³/mol. The van der Waals surface area contributed by atoms with Crippen LogP contribution in [0.15, 0.2) is 0 Å². The van der Waals surface area contributed by atoms with Gasteiger partial charge in [-0.05, 0) is 63.6 Å². The molecule has 2 saturated heterocycles. The maximum Gasteiger partial charge on any atom is 0.226 e. The van der Waals surface area contributed by atoms with E-state index in [0.29, 0.717) is 23.3 Å². The van der Waals surface area contributed by atoms with Gasteiger partial charge in [0.25, 0.3) is 0 Å². The number of amides is 1. The molecule has 1 N–H and O–H groups in total. The van der Waals surface area contributed by atoms with E-state index in [4.69, 9.17) is 0 Å². The Balaban J connectivity index is 1.50. The van der Waals surface area contributed by atoms with Crippen LogP contribution in [0.25, 0.3) is 0 Å². The van der Waals surface area contributed by atoms with Crippen molar-refractivity contribution in [1.29, 1.82) is 0 Å². The molecule has 1 spiro atoms. The van der Waals surface area contributed by atoms with Crippen LogP contribution in [0.3, 0.4) is 0 Å². The van der Waals surface area contributed by atoms with Crippen molar-refractivity contribution >= 4 is 5.91 Å². The fourth-order valence-electron chi connectivity index (χ4n) is 4.45. The number of likely N-dealkylation sites (tertiary alicyclic amines) is 1. The third-order valence-electron chi connectivity index (χ3n) is 6.08. The van der Waals surface area contributed by atoms with Gasteiger partial charge in [-0.3, -0.25) is 4.79 Å². The van der Waals surface area contributed by atoms with Crippen LogP contribution < -0.4 is 5.32 Å².